The van der Waals surface area contributed by atoms with Gasteiger partial charge in [0.15, 0.2) is 11.4 Å². The van der Waals surface area contributed by atoms with Crippen LogP contribution in [0.2, 0.25) is 0 Å². The number of aromatic nitrogens is 5. The Labute approximate surface area is 198 Å². The summed E-state index contributed by atoms with van der Waals surface area (Å²) >= 11 is 0. The summed E-state index contributed by atoms with van der Waals surface area (Å²) in [6.45, 7) is 11.4. The van der Waals surface area contributed by atoms with Gasteiger partial charge in [-0.25, -0.2) is 14.5 Å². The van der Waals surface area contributed by atoms with E-state index >= 15 is 0 Å². The van der Waals surface area contributed by atoms with Crippen LogP contribution in [0.25, 0.3) is 27.9 Å². The molecule has 9 nitrogen and oxygen atoms in total. The van der Waals surface area contributed by atoms with E-state index in [-0.39, 0.29) is 0 Å². The van der Waals surface area contributed by atoms with E-state index in [0.29, 0.717) is 28.8 Å². The lowest BCUT2D eigenvalue weighted by molar-refractivity contribution is -0.100. The van der Waals surface area contributed by atoms with Gasteiger partial charge in [0.05, 0.1) is 37.1 Å². The Balaban J connectivity index is 1.29. The fraction of sp³-hybridized carbons (Fsp3) is 0.480. The Bertz CT molecular complexity index is 1350. The van der Waals surface area contributed by atoms with E-state index in [1.807, 2.05) is 12.3 Å². The lowest BCUT2D eigenvalue weighted by Crippen LogP contribution is -2.61. The molecule has 2 saturated heterocycles. The predicted octanol–water partition coefficient (Wildman–Crippen LogP) is 3.22. The molecule has 0 unspecified atom stereocenters. The number of pyridine rings is 2. The van der Waals surface area contributed by atoms with Gasteiger partial charge in [-0.15, -0.1) is 0 Å². The molecule has 9 heteroatoms. The standard InChI is InChI=1S/C25H31N7O2/c1-15(2)21-22(16-7-19(33-4)24-27-14-28-32(24)8-16)29-18-5-6-20(30-23(18)21)31-9-17(10-31)26-11-25(3)12-34-13-25/h5-8,14-15,17,26,29H,9-13H2,1-4H3. The molecule has 0 aliphatic carbocycles. The van der Waals surface area contributed by atoms with Crippen LogP contribution in [-0.2, 0) is 4.74 Å². The number of anilines is 1. The van der Waals surface area contributed by atoms with E-state index in [9.17, 15) is 0 Å². The zero-order chi connectivity index (χ0) is 23.4. The molecule has 0 bridgehead atoms. The number of H-pyrrole nitrogens is 1. The molecular formula is C25H31N7O2. The lowest BCUT2D eigenvalue weighted by atomic mass is 9.88. The van der Waals surface area contributed by atoms with Crippen molar-refractivity contribution in [1.29, 1.82) is 0 Å². The second-order valence-electron chi connectivity index (χ2n) is 10.2. The van der Waals surface area contributed by atoms with Crippen LogP contribution < -0.4 is 15.0 Å². The maximum atomic E-state index is 5.58. The van der Waals surface area contributed by atoms with E-state index in [0.717, 1.165) is 61.0 Å². The van der Waals surface area contributed by atoms with Crippen LogP contribution in [0.15, 0.2) is 30.7 Å². The summed E-state index contributed by atoms with van der Waals surface area (Å²) in [4.78, 5) is 15.4. The molecule has 4 aromatic heterocycles. The summed E-state index contributed by atoms with van der Waals surface area (Å²) in [5, 5.41) is 8.02. The van der Waals surface area contributed by atoms with E-state index in [1.165, 1.54) is 5.56 Å². The summed E-state index contributed by atoms with van der Waals surface area (Å²) in [7, 11) is 1.66. The maximum Gasteiger partial charge on any atom is 0.197 e. The summed E-state index contributed by atoms with van der Waals surface area (Å²) in [6, 6.07) is 6.78. The van der Waals surface area contributed by atoms with Crippen molar-refractivity contribution in [3.05, 3.63) is 36.3 Å². The SMILES string of the molecule is COc1cc(-c2[nH]c3ccc(N4CC(NCC5(C)COC5)C4)nc3c2C(C)C)cn2ncnc12. The number of ether oxygens (including phenoxy) is 2. The quantitative estimate of drug-likeness (QED) is 0.437. The predicted molar refractivity (Wildman–Crippen MR) is 132 cm³/mol. The van der Waals surface area contributed by atoms with E-state index in [4.69, 9.17) is 14.5 Å². The molecular weight excluding hydrogens is 430 g/mol. The van der Waals surface area contributed by atoms with Gasteiger partial charge >= 0.3 is 0 Å². The van der Waals surface area contributed by atoms with Crippen LogP contribution in [0.5, 0.6) is 5.75 Å². The molecule has 2 N–H and O–H groups in total. The molecule has 0 amide bonds. The Morgan fingerprint density at radius 1 is 1.29 bits per heavy atom. The second-order valence-corrected chi connectivity index (χ2v) is 10.2. The normalized spacial score (nSPS) is 18.0. The number of aromatic amines is 1. The van der Waals surface area contributed by atoms with Crippen molar-refractivity contribution < 1.29 is 9.47 Å². The molecule has 2 fully saturated rings. The van der Waals surface area contributed by atoms with Crippen molar-refractivity contribution >= 4 is 22.5 Å². The number of hydrogen-bond donors (Lipinski definition) is 2. The second kappa shape index (κ2) is 7.95. The minimum atomic E-state index is 0.292. The first-order valence-corrected chi connectivity index (χ1v) is 11.9. The molecule has 0 spiro atoms. The van der Waals surface area contributed by atoms with Gasteiger partial charge in [-0.3, -0.25) is 0 Å². The number of hydrogen-bond acceptors (Lipinski definition) is 7. The van der Waals surface area contributed by atoms with Gasteiger partial charge in [0.25, 0.3) is 0 Å². The topological polar surface area (TPSA) is 92.6 Å². The highest BCUT2D eigenvalue weighted by atomic mass is 16.5. The van der Waals surface area contributed by atoms with Crippen LogP contribution in [0.3, 0.4) is 0 Å². The largest absolute Gasteiger partial charge is 0.493 e. The van der Waals surface area contributed by atoms with Gasteiger partial charge in [0, 0.05) is 48.4 Å². The van der Waals surface area contributed by atoms with E-state index < -0.39 is 0 Å². The first-order chi connectivity index (χ1) is 16.4. The summed E-state index contributed by atoms with van der Waals surface area (Å²) in [5.41, 5.74) is 6.30. The molecule has 6 rings (SSSR count). The highest BCUT2D eigenvalue weighted by Crippen LogP contribution is 2.37. The van der Waals surface area contributed by atoms with Gasteiger partial charge in [-0.1, -0.05) is 20.8 Å². The van der Waals surface area contributed by atoms with Crippen molar-refractivity contribution in [3.63, 3.8) is 0 Å². The number of rotatable bonds is 7. The Morgan fingerprint density at radius 2 is 2.12 bits per heavy atom. The van der Waals surface area contributed by atoms with Crippen molar-refractivity contribution in [3.8, 4) is 17.0 Å². The molecule has 34 heavy (non-hydrogen) atoms. The van der Waals surface area contributed by atoms with Crippen molar-refractivity contribution in [2.45, 2.75) is 32.7 Å². The van der Waals surface area contributed by atoms with Crippen LogP contribution in [-0.4, -0.2) is 70.6 Å². The minimum Gasteiger partial charge on any atom is -0.493 e. The van der Waals surface area contributed by atoms with Crippen LogP contribution in [0.1, 0.15) is 32.3 Å². The smallest absolute Gasteiger partial charge is 0.197 e. The molecule has 0 atom stereocenters. The molecule has 0 saturated carbocycles. The van der Waals surface area contributed by atoms with Crippen LogP contribution in [0.4, 0.5) is 5.82 Å². The molecule has 2 aliphatic heterocycles. The van der Waals surface area contributed by atoms with E-state index in [2.05, 4.69) is 58.2 Å². The zero-order valence-corrected chi connectivity index (χ0v) is 20.1. The number of methoxy groups -OCH3 is 1. The number of fused-ring (bicyclic) bond motifs is 2. The Kier molecular flexibility index (Phi) is 5.00. The molecule has 6 heterocycles. The van der Waals surface area contributed by atoms with E-state index in [1.54, 1.807) is 18.0 Å². The first-order valence-electron chi connectivity index (χ1n) is 11.9. The molecule has 4 aromatic rings. The zero-order valence-electron chi connectivity index (χ0n) is 20.1. The first kappa shape index (κ1) is 21.4. The maximum absolute atomic E-state index is 5.58. The monoisotopic (exact) mass is 461 g/mol. The van der Waals surface area contributed by atoms with Gasteiger partial charge in [-0.05, 0) is 24.1 Å². The number of nitrogens with one attached hydrogen (secondary N) is 2. The average Bonchev–Trinajstić information content (AvgIpc) is 3.40. The lowest BCUT2D eigenvalue weighted by Gasteiger charge is -2.44. The van der Waals surface area contributed by atoms with Gasteiger partial charge in [0.1, 0.15) is 12.1 Å². The molecule has 178 valence electrons. The van der Waals surface area contributed by atoms with Gasteiger partial charge in [0.2, 0.25) is 0 Å². The van der Waals surface area contributed by atoms with Gasteiger partial charge < -0.3 is 24.7 Å². The summed E-state index contributed by atoms with van der Waals surface area (Å²) < 4.78 is 12.7. The Hall–Kier alpha value is -3.17. The minimum absolute atomic E-state index is 0.292. The van der Waals surface area contributed by atoms with Gasteiger partial charge in [-0.2, -0.15) is 5.10 Å². The fourth-order valence-electron chi connectivity index (χ4n) is 4.96. The molecule has 2 aliphatic rings. The van der Waals surface area contributed by atoms with Crippen molar-refractivity contribution in [2.24, 2.45) is 5.41 Å². The third-order valence-electron chi connectivity index (χ3n) is 7.02. The third kappa shape index (κ3) is 3.50. The average molecular weight is 462 g/mol. The third-order valence-corrected chi connectivity index (χ3v) is 7.02. The molecule has 0 radical (unpaired) electrons. The van der Waals surface area contributed by atoms with Crippen LogP contribution in [0, 0.1) is 5.41 Å². The van der Waals surface area contributed by atoms with Crippen molar-refractivity contribution in [2.75, 3.05) is 44.9 Å². The van der Waals surface area contributed by atoms with Crippen LogP contribution >= 0.6 is 0 Å². The highest BCUT2D eigenvalue weighted by molar-refractivity contribution is 5.90. The highest BCUT2D eigenvalue weighted by Gasteiger charge is 2.36. The summed E-state index contributed by atoms with van der Waals surface area (Å²) in [6.07, 6.45) is 3.53. The fourth-order valence-corrected chi connectivity index (χ4v) is 4.96. The summed E-state index contributed by atoms with van der Waals surface area (Å²) in [5.74, 6) is 2.01. The number of nitrogens with zero attached hydrogens (tertiary/aromatic N) is 5. The molecule has 0 aromatic carbocycles. The van der Waals surface area contributed by atoms with Crippen molar-refractivity contribution in [1.82, 2.24) is 29.9 Å². The Morgan fingerprint density at radius 3 is 2.82 bits per heavy atom.